The SMILES string of the molecule is CC(C)C[C@H](NC(=O)[C@H](CC(=O)O)NC(=O)[C@H](CO)NC(=O)[C@H](Cc1ccccc1)NC(=O)[C@@H](NC(=O)CN=[N+]=[N-])[C@@H](C)O)C(=O)O. The Kier molecular flexibility index (Phi) is 16.9. The number of carbonyl (C=O) groups is 7. The van der Waals surface area contributed by atoms with Gasteiger partial charge < -0.3 is 47.0 Å². The van der Waals surface area contributed by atoms with E-state index >= 15 is 0 Å². The van der Waals surface area contributed by atoms with Gasteiger partial charge in [0.15, 0.2) is 0 Å². The third-order valence-corrected chi connectivity index (χ3v) is 6.42. The van der Waals surface area contributed by atoms with E-state index in [0.29, 0.717) is 5.56 Å². The van der Waals surface area contributed by atoms with Crippen molar-refractivity contribution in [3.8, 4) is 0 Å². The molecule has 0 saturated carbocycles. The lowest BCUT2D eigenvalue weighted by Gasteiger charge is -2.27. The van der Waals surface area contributed by atoms with Crippen molar-refractivity contribution in [3.63, 3.8) is 0 Å². The number of aliphatic hydroxyl groups excluding tert-OH is 2. The van der Waals surface area contributed by atoms with Gasteiger partial charge in [0.2, 0.25) is 29.5 Å². The Balaban J connectivity index is 3.20. The lowest BCUT2D eigenvalue weighted by Crippen LogP contribution is -2.61. The average Bonchev–Trinajstić information content (AvgIpc) is 2.99. The van der Waals surface area contributed by atoms with Gasteiger partial charge >= 0.3 is 11.9 Å². The van der Waals surface area contributed by atoms with Crippen LogP contribution in [0.2, 0.25) is 0 Å². The normalized spacial score (nSPS) is 14.5. The predicted octanol–water partition coefficient (Wildman–Crippen LogP) is -2.06. The van der Waals surface area contributed by atoms with Crippen LogP contribution >= 0.6 is 0 Å². The summed E-state index contributed by atoms with van der Waals surface area (Å²) in [6, 6.07) is 0.211. The summed E-state index contributed by atoms with van der Waals surface area (Å²) in [6.07, 6.45) is -2.60. The third-order valence-electron chi connectivity index (χ3n) is 6.42. The number of rotatable bonds is 20. The molecule has 0 heterocycles. The van der Waals surface area contributed by atoms with Gasteiger partial charge in [0.25, 0.3) is 0 Å². The number of benzene rings is 1. The molecule has 1 aromatic rings. The lowest BCUT2D eigenvalue weighted by molar-refractivity contribution is -0.144. The van der Waals surface area contributed by atoms with E-state index in [4.69, 9.17) is 5.53 Å². The summed E-state index contributed by atoms with van der Waals surface area (Å²) in [5.74, 6) is -8.34. The van der Waals surface area contributed by atoms with E-state index in [1.54, 1.807) is 44.2 Å². The highest BCUT2D eigenvalue weighted by atomic mass is 16.4. The zero-order chi connectivity index (χ0) is 35.7. The molecule has 6 atom stereocenters. The minimum Gasteiger partial charge on any atom is -0.481 e. The van der Waals surface area contributed by atoms with E-state index < -0.39 is 97.4 Å². The van der Waals surface area contributed by atoms with Crippen LogP contribution in [0.5, 0.6) is 0 Å². The van der Waals surface area contributed by atoms with Crippen molar-refractivity contribution in [1.29, 1.82) is 0 Å². The first-order chi connectivity index (χ1) is 22.1. The van der Waals surface area contributed by atoms with Crippen molar-refractivity contribution >= 4 is 41.5 Å². The van der Waals surface area contributed by atoms with Crippen molar-refractivity contribution in [1.82, 2.24) is 26.6 Å². The monoisotopic (exact) mass is 664 g/mol. The number of carbonyl (C=O) groups excluding carboxylic acids is 5. The minimum absolute atomic E-state index is 0.00601. The zero-order valence-corrected chi connectivity index (χ0v) is 26.0. The van der Waals surface area contributed by atoms with Crippen LogP contribution in [-0.2, 0) is 40.0 Å². The van der Waals surface area contributed by atoms with Crippen molar-refractivity contribution in [2.24, 2.45) is 11.0 Å². The molecule has 1 aromatic carbocycles. The summed E-state index contributed by atoms with van der Waals surface area (Å²) in [7, 11) is 0. The van der Waals surface area contributed by atoms with Crippen LogP contribution in [0.15, 0.2) is 35.4 Å². The van der Waals surface area contributed by atoms with Crippen LogP contribution in [0.3, 0.4) is 0 Å². The molecule has 1 rings (SSSR count). The van der Waals surface area contributed by atoms with E-state index in [-0.39, 0.29) is 18.8 Å². The van der Waals surface area contributed by atoms with Gasteiger partial charge in [0.1, 0.15) is 36.8 Å². The molecule has 0 radical (unpaired) electrons. The highest BCUT2D eigenvalue weighted by molar-refractivity contribution is 5.97. The highest BCUT2D eigenvalue weighted by Gasteiger charge is 2.34. The Morgan fingerprint density at radius 2 is 1.32 bits per heavy atom. The number of aliphatic carboxylic acids is 2. The first kappa shape index (κ1) is 39.8. The molecule has 0 aliphatic heterocycles. The number of carboxylic acid groups (broad SMARTS) is 2. The van der Waals surface area contributed by atoms with Gasteiger partial charge in [-0.3, -0.25) is 28.8 Å². The number of nitrogens with zero attached hydrogens (tertiary/aromatic N) is 3. The van der Waals surface area contributed by atoms with E-state index in [9.17, 15) is 54.0 Å². The Morgan fingerprint density at radius 1 is 0.787 bits per heavy atom. The van der Waals surface area contributed by atoms with Crippen molar-refractivity contribution in [2.45, 2.75) is 76.3 Å². The van der Waals surface area contributed by atoms with Crippen molar-refractivity contribution in [2.75, 3.05) is 13.2 Å². The third kappa shape index (κ3) is 14.6. The zero-order valence-electron chi connectivity index (χ0n) is 26.0. The topological polar surface area (TPSA) is 309 Å². The second-order valence-corrected chi connectivity index (χ2v) is 10.9. The molecule has 0 saturated heterocycles. The second-order valence-electron chi connectivity index (χ2n) is 10.9. The first-order valence-electron chi connectivity index (χ1n) is 14.4. The van der Waals surface area contributed by atoms with Crippen LogP contribution in [-0.4, -0.2) is 111 Å². The maximum atomic E-state index is 13.4. The molecule has 0 aliphatic carbocycles. The maximum absolute atomic E-state index is 13.4. The molecule has 19 nitrogen and oxygen atoms in total. The smallest absolute Gasteiger partial charge is 0.326 e. The number of amides is 5. The molecule has 47 heavy (non-hydrogen) atoms. The van der Waals surface area contributed by atoms with Gasteiger partial charge in [-0.05, 0) is 30.4 Å². The number of carboxylic acids is 2. The minimum atomic E-state index is -1.79. The Labute approximate surface area is 269 Å². The second kappa shape index (κ2) is 20.0. The largest absolute Gasteiger partial charge is 0.481 e. The Hall–Kier alpha value is -5.26. The van der Waals surface area contributed by atoms with Gasteiger partial charge in [0.05, 0.1) is 19.1 Å². The van der Waals surface area contributed by atoms with Crippen molar-refractivity contribution < 1.29 is 54.0 Å². The molecular formula is C28H40N8O11. The highest BCUT2D eigenvalue weighted by Crippen LogP contribution is 2.08. The Morgan fingerprint density at radius 3 is 1.83 bits per heavy atom. The average molecular weight is 665 g/mol. The predicted molar refractivity (Wildman–Crippen MR) is 162 cm³/mol. The Bertz CT molecular complexity index is 1320. The summed E-state index contributed by atoms with van der Waals surface area (Å²) in [5.41, 5.74) is 8.94. The number of hydrogen-bond acceptors (Lipinski definition) is 10. The fourth-order valence-corrected chi connectivity index (χ4v) is 4.13. The molecule has 0 bridgehead atoms. The maximum Gasteiger partial charge on any atom is 0.326 e. The van der Waals surface area contributed by atoms with E-state index in [2.05, 4.69) is 36.6 Å². The molecule has 0 spiro atoms. The van der Waals surface area contributed by atoms with Crippen LogP contribution < -0.4 is 26.6 Å². The van der Waals surface area contributed by atoms with Crippen LogP contribution in [0.4, 0.5) is 0 Å². The summed E-state index contributed by atoms with van der Waals surface area (Å²) in [6.45, 7) is 2.87. The fraction of sp³-hybridized carbons (Fsp3) is 0.536. The quantitative estimate of drug-likeness (QED) is 0.0415. The standard InChI is InChI=1S/C28H40N8O11/c1-14(2)9-19(28(46)47)33-25(43)18(11-22(40)41)31-26(44)20(13-37)34-24(42)17(10-16-7-5-4-6-8-16)32-27(45)23(15(3)38)35-21(39)12-30-36-29/h4-8,14-15,17-20,23,37-38H,9-13H2,1-3H3,(H,31,44)(H,32,45)(H,33,43)(H,34,42)(H,35,39)(H,40,41)(H,46,47)/t15-,17+,18+,19+,20+,23+/m1/s1. The number of hydrogen-bond donors (Lipinski definition) is 9. The lowest BCUT2D eigenvalue weighted by atomic mass is 10.0. The number of nitrogens with one attached hydrogen (secondary N) is 5. The molecule has 0 aromatic heterocycles. The molecule has 0 fully saturated rings. The van der Waals surface area contributed by atoms with Crippen LogP contribution in [0.25, 0.3) is 10.4 Å². The van der Waals surface area contributed by atoms with E-state index in [0.717, 1.165) is 0 Å². The van der Waals surface area contributed by atoms with Gasteiger partial charge in [-0.1, -0.05) is 49.3 Å². The van der Waals surface area contributed by atoms with Crippen LogP contribution in [0.1, 0.15) is 39.2 Å². The van der Waals surface area contributed by atoms with Gasteiger partial charge in [-0.25, -0.2) is 4.79 Å². The van der Waals surface area contributed by atoms with E-state index in [1.807, 2.05) is 0 Å². The fourth-order valence-electron chi connectivity index (χ4n) is 4.13. The van der Waals surface area contributed by atoms with Gasteiger partial charge in [0, 0.05) is 11.3 Å². The molecule has 258 valence electrons. The number of aliphatic hydroxyl groups is 2. The van der Waals surface area contributed by atoms with Crippen molar-refractivity contribution in [3.05, 3.63) is 46.3 Å². The van der Waals surface area contributed by atoms with Crippen LogP contribution in [0, 0.1) is 5.92 Å². The number of azide groups is 1. The summed E-state index contributed by atoms with van der Waals surface area (Å²) in [4.78, 5) is 89.7. The summed E-state index contributed by atoms with van der Waals surface area (Å²) < 4.78 is 0. The molecular weight excluding hydrogens is 624 g/mol. The summed E-state index contributed by atoms with van der Waals surface area (Å²) >= 11 is 0. The molecule has 19 heteroatoms. The van der Waals surface area contributed by atoms with E-state index in [1.165, 1.54) is 6.92 Å². The molecule has 0 unspecified atom stereocenters. The molecule has 0 aliphatic rings. The summed E-state index contributed by atoms with van der Waals surface area (Å²) in [5, 5.41) is 52.8. The van der Waals surface area contributed by atoms with Gasteiger partial charge in [-0.2, -0.15) is 0 Å². The molecule has 5 amide bonds. The molecule has 9 N–H and O–H groups in total. The first-order valence-corrected chi connectivity index (χ1v) is 14.4. The van der Waals surface area contributed by atoms with Gasteiger partial charge in [-0.15, -0.1) is 0 Å².